The number of nitrogens with zero attached hydrogens (tertiary/aromatic N) is 1. The zero-order valence-electron chi connectivity index (χ0n) is 8.94. The average molecular weight is 295 g/mol. The number of hydrogen-bond donors (Lipinski definition) is 1. The molecule has 7 heteroatoms. The van der Waals surface area contributed by atoms with Gasteiger partial charge in [-0.1, -0.05) is 23.2 Å². The number of sulfonamides is 1. The summed E-state index contributed by atoms with van der Waals surface area (Å²) in [5, 5.41) is 0.569. The Balaban J connectivity index is 2.35. The molecular formula is C10H12Cl2N2O2S. The van der Waals surface area contributed by atoms with E-state index in [4.69, 9.17) is 28.9 Å². The van der Waals surface area contributed by atoms with Gasteiger partial charge in [-0.05, 0) is 24.6 Å². The maximum Gasteiger partial charge on any atom is 0.243 e. The number of hydrogen-bond acceptors (Lipinski definition) is 3. The van der Waals surface area contributed by atoms with Crippen LogP contribution in [0, 0.1) is 0 Å². The van der Waals surface area contributed by atoms with Crippen LogP contribution in [0.3, 0.4) is 0 Å². The molecule has 1 aliphatic heterocycles. The maximum absolute atomic E-state index is 12.2. The van der Waals surface area contributed by atoms with E-state index >= 15 is 0 Å². The summed E-state index contributed by atoms with van der Waals surface area (Å²) in [4.78, 5) is 0.154. The molecule has 1 aromatic carbocycles. The van der Waals surface area contributed by atoms with Crippen molar-refractivity contribution in [2.24, 2.45) is 5.73 Å². The molecule has 0 unspecified atom stereocenters. The van der Waals surface area contributed by atoms with Gasteiger partial charge in [0.1, 0.15) is 0 Å². The highest BCUT2D eigenvalue weighted by Gasteiger charge is 2.31. The van der Waals surface area contributed by atoms with Crippen LogP contribution in [0.1, 0.15) is 6.42 Å². The second-order valence-electron chi connectivity index (χ2n) is 3.99. The van der Waals surface area contributed by atoms with Gasteiger partial charge in [0.25, 0.3) is 0 Å². The first kappa shape index (κ1) is 13.1. The fourth-order valence-electron chi connectivity index (χ4n) is 1.76. The molecule has 2 rings (SSSR count). The van der Waals surface area contributed by atoms with Gasteiger partial charge in [0, 0.05) is 19.1 Å². The molecule has 1 aliphatic rings. The highest BCUT2D eigenvalue weighted by molar-refractivity contribution is 7.89. The van der Waals surface area contributed by atoms with Gasteiger partial charge in [-0.3, -0.25) is 0 Å². The molecule has 1 aromatic rings. The fraction of sp³-hybridized carbons (Fsp3) is 0.400. The van der Waals surface area contributed by atoms with Gasteiger partial charge in [-0.25, -0.2) is 8.42 Å². The second-order valence-corrected chi connectivity index (χ2v) is 6.74. The van der Waals surface area contributed by atoms with Gasteiger partial charge in [0.15, 0.2) is 0 Å². The van der Waals surface area contributed by atoms with E-state index in [-0.39, 0.29) is 16.0 Å². The van der Waals surface area contributed by atoms with Crippen molar-refractivity contribution in [1.82, 2.24) is 4.31 Å². The topological polar surface area (TPSA) is 63.4 Å². The van der Waals surface area contributed by atoms with E-state index < -0.39 is 10.0 Å². The van der Waals surface area contributed by atoms with Gasteiger partial charge in [-0.15, -0.1) is 0 Å². The van der Waals surface area contributed by atoms with Crippen LogP contribution in [-0.4, -0.2) is 31.9 Å². The van der Waals surface area contributed by atoms with E-state index in [1.807, 2.05) is 0 Å². The van der Waals surface area contributed by atoms with Crippen molar-refractivity contribution in [1.29, 1.82) is 0 Å². The fourth-order valence-corrected chi connectivity index (χ4v) is 3.66. The molecule has 0 saturated carbocycles. The zero-order valence-corrected chi connectivity index (χ0v) is 11.3. The molecule has 17 heavy (non-hydrogen) atoms. The molecule has 4 nitrogen and oxygen atoms in total. The van der Waals surface area contributed by atoms with Crippen molar-refractivity contribution >= 4 is 33.2 Å². The quantitative estimate of drug-likeness (QED) is 0.903. The number of halogens is 2. The number of benzene rings is 1. The van der Waals surface area contributed by atoms with Crippen LogP contribution >= 0.6 is 23.2 Å². The molecule has 0 amide bonds. The lowest BCUT2D eigenvalue weighted by molar-refractivity contribution is 0.472. The van der Waals surface area contributed by atoms with Crippen LogP contribution < -0.4 is 5.73 Å². The summed E-state index contributed by atoms with van der Waals surface area (Å²) in [6, 6.07) is 4.20. The lowest BCUT2D eigenvalue weighted by atomic mass is 10.3. The summed E-state index contributed by atoms with van der Waals surface area (Å²) in [6.07, 6.45) is 0.681. The van der Waals surface area contributed by atoms with E-state index in [2.05, 4.69) is 0 Å². The summed E-state index contributed by atoms with van der Waals surface area (Å²) in [7, 11) is -3.50. The minimum atomic E-state index is -3.50. The van der Waals surface area contributed by atoms with Crippen LogP contribution in [0.5, 0.6) is 0 Å². The Morgan fingerprint density at radius 2 is 2.00 bits per heavy atom. The van der Waals surface area contributed by atoms with Crippen molar-refractivity contribution in [3.8, 4) is 0 Å². The van der Waals surface area contributed by atoms with Crippen molar-refractivity contribution < 1.29 is 8.42 Å². The molecule has 1 atom stereocenters. The molecule has 0 aromatic heterocycles. The molecular weight excluding hydrogens is 283 g/mol. The summed E-state index contributed by atoms with van der Waals surface area (Å²) < 4.78 is 25.8. The molecule has 1 heterocycles. The Labute approximate surface area is 110 Å². The summed E-state index contributed by atoms with van der Waals surface area (Å²) >= 11 is 11.6. The molecule has 0 bridgehead atoms. The lowest BCUT2D eigenvalue weighted by Gasteiger charge is -2.16. The van der Waals surface area contributed by atoms with Crippen LogP contribution in [0.4, 0.5) is 0 Å². The number of rotatable bonds is 2. The van der Waals surface area contributed by atoms with Crippen molar-refractivity contribution in [3.05, 3.63) is 28.2 Å². The van der Waals surface area contributed by atoms with Crippen LogP contribution in [-0.2, 0) is 10.0 Å². The highest BCUT2D eigenvalue weighted by Crippen LogP contribution is 2.27. The second kappa shape index (κ2) is 4.74. The van der Waals surface area contributed by atoms with E-state index in [0.29, 0.717) is 24.5 Å². The third-order valence-corrected chi connectivity index (χ3v) is 5.32. The largest absolute Gasteiger partial charge is 0.326 e. The first-order valence-electron chi connectivity index (χ1n) is 5.12. The summed E-state index contributed by atoms with van der Waals surface area (Å²) in [6.45, 7) is 0.798. The third kappa shape index (κ3) is 2.58. The van der Waals surface area contributed by atoms with Crippen molar-refractivity contribution in [3.63, 3.8) is 0 Å². The first-order valence-corrected chi connectivity index (χ1v) is 7.31. The summed E-state index contributed by atoms with van der Waals surface area (Å²) in [5.74, 6) is 0. The van der Waals surface area contributed by atoms with Gasteiger partial charge in [-0.2, -0.15) is 4.31 Å². The molecule has 0 radical (unpaired) electrons. The van der Waals surface area contributed by atoms with Crippen molar-refractivity contribution in [2.75, 3.05) is 13.1 Å². The van der Waals surface area contributed by atoms with E-state index in [0.717, 1.165) is 0 Å². The van der Waals surface area contributed by atoms with Gasteiger partial charge in [0.2, 0.25) is 10.0 Å². The van der Waals surface area contributed by atoms with Gasteiger partial charge >= 0.3 is 0 Å². The minimum absolute atomic E-state index is 0.0902. The van der Waals surface area contributed by atoms with Gasteiger partial charge in [0.05, 0.1) is 14.9 Å². The molecule has 0 spiro atoms. The predicted molar refractivity (Wildman–Crippen MR) is 67.8 cm³/mol. The SMILES string of the molecule is N[C@H]1CCN(S(=O)(=O)c2ccc(Cl)c(Cl)c2)C1. The van der Waals surface area contributed by atoms with E-state index in [1.165, 1.54) is 22.5 Å². The molecule has 94 valence electrons. The standard InChI is InChI=1S/C10H12Cl2N2O2S/c11-9-2-1-8(5-10(9)12)17(15,16)14-4-3-7(13)6-14/h1-2,5,7H,3-4,6,13H2/t7-/m0/s1. The zero-order chi connectivity index (χ0) is 12.6. The molecule has 2 N–H and O–H groups in total. The van der Waals surface area contributed by atoms with E-state index in [1.54, 1.807) is 0 Å². The predicted octanol–water partition coefficient (Wildman–Crippen LogP) is 1.72. The Morgan fingerprint density at radius 3 is 2.53 bits per heavy atom. The van der Waals surface area contributed by atoms with Gasteiger partial charge < -0.3 is 5.73 Å². The lowest BCUT2D eigenvalue weighted by Crippen LogP contribution is -2.31. The van der Waals surface area contributed by atoms with Crippen LogP contribution in [0.25, 0.3) is 0 Å². The Hall–Kier alpha value is -0.330. The normalized spacial score (nSPS) is 21.9. The van der Waals surface area contributed by atoms with Crippen LogP contribution in [0.2, 0.25) is 10.0 Å². The third-order valence-electron chi connectivity index (χ3n) is 2.72. The first-order chi connectivity index (χ1) is 7.91. The monoisotopic (exact) mass is 294 g/mol. The maximum atomic E-state index is 12.2. The van der Waals surface area contributed by atoms with Crippen molar-refractivity contribution in [2.45, 2.75) is 17.4 Å². The molecule has 0 aliphatic carbocycles. The molecule has 1 fully saturated rings. The van der Waals surface area contributed by atoms with Crippen LogP contribution in [0.15, 0.2) is 23.1 Å². The Kier molecular flexibility index (Phi) is 3.66. The number of nitrogens with two attached hydrogens (primary N) is 1. The minimum Gasteiger partial charge on any atom is -0.326 e. The highest BCUT2D eigenvalue weighted by atomic mass is 35.5. The average Bonchev–Trinajstić information content (AvgIpc) is 2.69. The smallest absolute Gasteiger partial charge is 0.243 e. The Bertz CT molecular complexity index is 533. The Morgan fingerprint density at radius 1 is 1.29 bits per heavy atom. The summed E-state index contributed by atoms with van der Waals surface area (Å²) in [5.41, 5.74) is 5.70. The van der Waals surface area contributed by atoms with E-state index in [9.17, 15) is 8.42 Å². The molecule has 1 saturated heterocycles.